The van der Waals surface area contributed by atoms with Gasteiger partial charge in [0.25, 0.3) is 5.56 Å². The zero-order valence-electron chi connectivity index (χ0n) is 11.9. The Morgan fingerprint density at radius 1 is 1.47 bits per heavy atom. The van der Waals surface area contributed by atoms with Gasteiger partial charge in [-0.05, 0) is 46.2 Å². The minimum atomic E-state index is 0.0429. The molecule has 1 unspecified atom stereocenters. The molecule has 106 valence electrons. The average Bonchev–Trinajstić information content (AvgIpc) is 2.46. The minimum absolute atomic E-state index is 0.0429. The van der Waals surface area contributed by atoms with Gasteiger partial charge in [-0.25, -0.2) is 4.98 Å². The number of piperidine rings is 1. The summed E-state index contributed by atoms with van der Waals surface area (Å²) in [6.07, 6.45) is 8.13. The van der Waals surface area contributed by atoms with E-state index in [0.717, 1.165) is 32.4 Å². The highest BCUT2D eigenvalue weighted by molar-refractivity contribution is 5.37. The van der Waals surface area contributed by atoms with Crippen LogP contribution in [0, 0.1) is 0 Å². The first-order valence-corrected chi connectivity index (χ1v) is 7.24. The molecule has 0 amide bonds. The second-order valence-corrected chi connectivity index (χ2v) is 5.08. The maximum atomic E-state index is 12.4. The van der Waals surface area contributed by atoms with Gasteiger partial charge in [-0.1, -0.05) is 0 Å². The fourth-order valence-electron chi connectivity index (χ4n) is 2.77. The lowest BCUT2D eigenvalue weighted by Gasteiger charge is -2.36. The normalized spacial score (nSPS) is 19.7. The number of aryl methyl sites for hydroxylation is 1. The van der Waals surface area contributed by atoms with Crippen LogP contribution in [0.2, 0.25) is 0 Å². The number of nitrogens with one attached hydrogen (secondary N) is 1. The van der Waals surface area contributed by atoms with E-state index >= 15 is 0 Å². The molecule has 0 aliphatic carbocycles. The molecule has 2 rings (SSSR count). The number of hydrogen-bond acceptors (Lipinski definition) is 4. The van der Waals surface area contributed by atoms with Crippen LogP contribution in [-0.2, 0) is 6.54 Å². The smallest absolute Gasteiger partial charge is 0.293 e. The van der Waals surface area contributed by atoms with Crippen molar-refractivity contribution in [1.82, 2.24) is 14.9 Å². The number of nitrogens with zero attached hydrogens (tertiary/aromatic N) is 3. The molecule has 0 bridgehead atoms. The quantitative estimate of drug-likeness (QED) is 0.869. The van der Waals surface area contributed by atoms with Crippen LogP contribution in [0.1, 0.15) is 32.6 Å². The fourth-order valence-corrected chi connectivity index (χ4v) is 2.77. The third kappa shape index (κ3) is 3.15. The van der Waals surface area contributed by atoms with E-state index in [1.807, 2.05) is 14.0 Å². The topological polar surface area (TPSA) is 50.2 Å². The maximum absolute atomic E-state index is 12.4. The first-order chi connectivity index (χ1) is 9.27. The van der Waals surface area contributed by atoms with Gasteiger partial charge in [0.15, 0.2) is 5.82 Å². The van der Waals surface area contributed by atoms with Gasteiger partial charge in [-0.2, -0.15) is 0 Å². The van der Waals surface area contributed by atoms with Crippen LogP contribution in [0.25, 0.3) is 0 Å². The molecule has 0 radical (unpaired) electrons. The van der Waals surface area contributed by atoms with Crippen molar-refractivity contribution >= 4 is 5.82 Å². The fraction of sp³-hybridized carbons (Fsp3) is 0.714. The van der Waals surface area contributed by atoms with E-state index < -0.39 is 0 Å². The first-order valence-electron chi connectivity index (χ1n) is 7.24. The van der Waals surface area contributed by atoms with Crippen molar-refractivity contribution in [3.63, 3.8) is 0 Å². The van der Waals surface area contributed by atoms with Gasteiger partial charge in [0.1, 0.15) is 0 Å². The number of rotatable bonds is 5. The molecule has 5 nitrogen and oxygen atoms in total. The summed E-state index contributed by atoms with van der Waals surface area (Å²) in [7, 11) is 1.97. The number of hydrogen-bond donors (Lipinski definition) is 1. The lowest BCUT2D eigenvalue weighted by Crippen LogP contribution is -2.44. The van der Waals surface area contributed by atoms with E-state index in [1.54, 1.807) is 17.0 Å². The van der Waals surface area contributed by atoms with Crippen LogP contribution < -0.4 is 15.8 Å². The summed E-state index contributed by atoms with van der Waals surface area (Å²) in [5.41, 5.74) is 0.0429. The Bertz CT molecular complexity index is 457. The monoisotopic (exact) mass is 264 g/mol. The second kappa shape index (κ2) is 6.70. The van der Waals surface area contributed by atoms with Crippen molar-refractivity contribution in [2.24, 2.45) is 0 Å². The molecule has 0 saturated carbocycles. The Kier molecular flexibility index (Phi) is 4.96. The van der Waals surface area contributed by atoms with Gasteiger partial charge in [0, 0.05) is 31.5 Å². The minimum Gasteiger partial charge on any atom is -0.349 e. The predicted octanol–water partition coefficient (Wildman–Crippen LogP) is 1.23. The van der Waals surface area contributed by atoms with Crippen LogP contribution in [-0.4, -0.2) is 35.7 Å². The summed E-state index contributed by atoms with van der Waals surface area (Å²) in [4.78, 5) is 18.9. The Morgan fingerprint density at radius 2 is 2.32 bits per heavy atom. The Balaban J connectivity index is 2.24. The molecule has 2 heterocycles. The van der Waals surface area contributed by atoms with Crippen LogP contribution in [0.5, 0.6) is 0 Å². The second-order valence-electron chi connectivity index (χ2n) is 5.08. The summed E-state index contributed by atoms with van der Waals surface area (Å²) in [5.74, 6) is 0.630. The van der Waals surface area contributed by atoms with Gasteiger partial charge < -0.3 is 14.8 Å². The highest BCUT2D eigenvalue weighted by Crippen LogP contribution is 2.22. The molecule has 1 atom stereocenters. The Hall–Kier alpha value is -1.36. The van der Waals surface area contributed by atoms with E-state index in [4.69, 9.17) is 0 Å². The van der Waals surface area contributed by atoms with Gasteiger partial charge in [0.2, 0.25) is 0 Å². The summed E-state index contributed by atoms with van der Waals surface area (Å²) in [6.45, 7) is 4.61. The third-order valence-electron chi connectivity index (χ3n) is 3.86. The Labute approximate surface area is 114 Å². The molecule has 1 aliphatic rings. The third-order valence-corrected chi connectivity index (χ3v) is 3.86. The molecule has 1 aromatic heterocycles. The van der Waals surface area contributed by atoms with Crippen LogP contribution in [0.4, 0.5) is 5.82 Å². The van der Waals surface area contributed by atoms with E-state index in [0.29, 0.717) is 18.4 Å². The highest BCUT2D eigenvalue weighted by Gasteiger charge is 2.25. The summed E-state index contributed by atoms with van der Waals surface area (Å²) >= 11 is 0. The summed E-state index contributed by atoms with van der Waals surface area (Å²) < 4.78 is 1.73. The lowest BCUT2D eigenvalue weighted by atomic mass is 9.99. The van der Waals surface area contributed by atoms with Gasteiger partial charge in [0.05, 0.1) is 0 Å². The maximum Gasteiger partial charge on any atom is 0.293 e. The number of anilines is 1. The van der Waals surface area contributed by atoms with Gasteiger partial charge in [-0.3, -0.25) is 4.79 Å². The van der Waals surface area contributed by atoms with Crippen LogP contribution in [0.15, 0.2) is 17.2 Å². The predicted molar refractivity (Wildman–Crippen MR) is 77.7 cm³/mol. The molecule has 19 heavy (non-hydrogen) atoms. The SMILES string of the molecule is CCn1ccnc(N2CCCCC2CCNC)c1=O. The molecular formula is C14H24N4O. The molecule has 0 aromatic carbocycles. The van der Waals surface area contributed by atoms with Crippen molar-refractivity contribution in [3.05, 3.63) is 22.7 Å². The van der Waals surface area contributed by atoms with Crippen LogP contribution in [0.3, 0.4) is 0 Å². The van der Waals surface area contributed by atoms with Crippen LogP contribution >= 0.6 is 0 Å². The van der Waals surface area contributed by atoms with E-state index in [1.165, 1.54) is 6.42 Å². The van der Waals surface area contributed by atoms with Gasteiger partial charge in [-0.15, -0.1) is 0 Å². The molecule has 1 aliphatic heterocycles. The van der Waals surface area contributed by atoms with E-state index in [9.17, 15) is 4.79 Å². The Morgan fingerprint density at radius 3 is 3.05 bits per heavy atom. The summed E-state index contributed by atoms with van der Waals surface area (Å²) in [6, 6.07) is 0.439. The standard InChI is InChI=1S/C14H24N4O/c1-3-17-11-9-16-13(14(17)19)18-10-5-4-6-12(18)7-8-15-2/h9,11-12,15H,3-8,10H2,1-2H3. The van der Waals surface area contributed by atoms with E-state index in [-0.39, 0.29) is 5.56 Å². The molecule has 1 aromatic rings. The zero-order chi connectivity index (χ0) is 13.7. The average molecular weight is 264 g/mol. The van der Waals surface area contributed by atoms with Crippen molar-refractivity contribution in [2.45, 2.75) is 45.2 Å². The largest absolute Gasteiger partial charge is 0.349 e. The molecule has 1 fully saturated rings. The van der Waals surface area contributed by atoms with Crippen molar-refractivity contribution < 1.29 is 0 Å². The molecule has 5 heteroatoms. The van der Waals surface area contributed by atoms with Crippen molar-refractivity contribution in [1.29, 1.82) is 0 Å². The lowest BCUT2D eigenvalue weighted by molar-refractivity contribution is 0.428. The van der Waals surface area contributed by atoms with Gasteiger partial charge >= 0.3 is 0 Å². The molecular weight excluding hydrogens is 240 g/mol. The zero-order valence-corrected chi connectivity index (χ0v) is 11.9. The van der Waals surface area contributed by atoms with Crippen molar-refractivity contribution in [3.8, 4) is 0 Å². The molecule has 1 saturated heterocycles. The highest BCUT2D eigenvalue weighted by atomic mass is 16.1. The number of aromatic nitrogens is 2. The summed E-state index contributed by atoms with van der Waals surface area (Å²) in [5, 5.41) is 3.19. The molecule has 0 spiro atoms. The first kappa shape index (κ1) is 14.1. The van der Waals surface area contributed by atoms with Crippen molar-refractivity contribution in [2.75, 3.05) is 25.0 Å². The molecule has 1 N–H and O–H groups in total. The van der Waals surface area contributed by atoms with E-state index in [2.05, 4.69) is 15.2 Å².